The lowest BCUT2D eigenvalue weighted by Crippen LogP contribution is -2.49. The zero-order valence-corrected chi connectivity index (χ0v) is 11.9. The van der Waals surface area contributed by atoms with Gasteiger partial charge in [-0.05, 0) is 0 Å². The van der Waals surface area contributed by atoms with Crippen LogP contribution < -0.4 is 5.32 Å². The van der Waals surface area contributed by atoms with Crippen LogP contribution in [0.5, 0.6) is 0 Å². The van der Waals surface area contributed by atoms with Gasteiger partial charge in [-0.1, -0.05) is 0 Å². The first-order valence-electron chi connectivity index (χ1n) is 5.70. The van der Waals surface area contributed by atoms with Gasteiger partial charge in [0.15, 0.2) is 0 Å². The number of aliphatic carboxylic acids is 1. The Morgan fingerprint density at radius 1 is 1.20 bits per heavy atom. The molecule has 0 saturated carbocycles. The molecular formula is C11H19N3O6. The fourth-order valence-electron chi connectivity index (χ4n) is 1.13. The van der Waals surface area contributed by atoms with Crippen molar-refractivity contribution in [2.75, 3.05) is 34.8 Å². The number of carbonyl (C=O) groups excluding carboxylic acids is 3. The lowest BCUT2D eigenvalue weighted by molar-refractivity contribution is -0.147. The zero-order chi connectivity index (χ0) is 15.9. The summed E-state index contributed by atoms with van der Waals surface area (Å²) in [6.45, 7) is -0.205. The maximum absolute atomic E-state index is 11.7. The monoisotopic (exact) mass is 289 g/mol. The molecule has 0 aromatic heterocycles. The van der Waals surface area contributed by atoms with Crippen LogP contribution >= 0.6 is 0 Å². The summed E-state index contributed by atoms with van der Waals surface area (Å²) in [6.07, 6.45) is -0.493. The average Bonchev–Trinajstić information content (AvgIpc) is 2.36. The molecule has 1 atom stereocenters. The number of carboxylic acids is 1. The van der Waals surface area contributed by atoms with Crippen LogP contribution in [0.3, 0.4) is 0 Å². The molecule has 9 heteroatoms. The number of ether oxygens (including phenoxy) is 1. The Bertz CT molecular complexity index is 396. The molecule has 0 aromatic rings. The molecule has 0 aliphatic carbocycles. The molecule has 20 heavy (non-hydrogen) atoms. The Labute approximate surface area is 116 Å². The molecule has 3 amide bonds. The third kappa shape index (κ3) is 6.03. The standard InChI is InChI=1S/C11H19N3O6/c1-13(2)8(15)6-14(3)11(19)12-7(10(17)18)5-9(16)20-4/h7H,5-6H2,1-4H3,(H,12,19)(H,17,18)/t7-/m0/s1. The van der Waals surface area contributed by atoms with Crippen molar-refractivity contribution in [3.8, 4) is 0 Å². The summed E-state index contributed by atoms with van der Waals surface area (Å²) in [7, 11) is 5.52. The van der Waals surface area contributed by atoms with Gasteiger partial charge in [0.1, 0.15) is 12.6 Å². The van der Waals surface area contributed by atoms with E-state index in [2.05, 4.69) is 10.1 Å². The van der Waals surface area contributed by atoms with E-state index in [1.807, 2.05) is 0 Å². The summed E-state index contributed by atoms with van der Waals surface area (Å²) in [4.78, 5) is 47.4. The molecule has 0 rings (SSSR count). The van der Waals surface area contributed by atoms with Gasteiger partial charge in [-0.2, -0.15) is 0 Å². The lowest BCUT2D eigenvalue weighted by Gasteiger charge is -2.22. The number of esters is 1. The number of nitrogens with zero attached hydrogens (tertiary/aromatic N) is 2. The van der Waals surface area contributed by atoms with Gasteiger partial charge in [-0.25, -0.2) is 9.59 Å². The summed E-state index contributed by atoms with van der Waals surface area (Å²) >= 11 is 0. The van der Waals surface area contributed by atoms with Gasteiger partial charge in [0.05, 0.1) is 13.5 Å². The topological polar surface area (TPSA) is 116 Å². The van der Waals surface area contributed by atoms with Crippen molar-refractivity contribution in [3.05, 3.63) is 0 Å². The quantitative estimate of drug-likeness (QED) is 0.589. The van der Waals surface area contributed by atoms with Crippen LogP contribution in [0.25, 0.3) is 0 Å². The fraction of sp³-hybridized carbons (Fsp3) is 0.636. The Kier molecular flexibility index (Phi) is 7.05. The van der Waals surface area contributed by atoms with Crippen molar-refractivity contribution in [1.82, 2.24) is 15.1 Å². The molecule has 2 N–H and O–H groups in total. The zero-order valence-electron chi connectivity index (χ0n) is 11.9. The minimum absolute atomic E-state index is 0.205. The molecule has 0 unspecified atom stereocenters. The van der Waals surface area contributed by atoms with Gasteiger partial charge >= 0.3 is 18.0 Å². The molecule has 0 aliphatic heterocycles. The second kappa shape index (κ2) is 7.97. The van der Waals surface area contributed by atoms with Gasteiger partial charge in [0.2, 0.25) is 5.91 Å². The number of nitrogens with one attached hydrogen (secondary N) is 1. The molecule has 114 valence electrons. The van der Waals surface area contributed by atoms with Crippen LogP contribution in [0.15, 0.2) is 0 Å². The predicted octanol–water partition coefficient (Wildman–Crippen LogP) is -1.27. The van der Waals surface area contributed by atoms with E-state index in [-0.39, 0.29) is 12.5 Å². The highest BCUT2D eigenvalue weighted by atomic mass is 16.5. The van der Waals surface area contributed by atoms with E-state index in [0.29, 0.717) is 0 Å². The molecule has 0 saturated heterocycles. The number of carboxylic acid groups (broad SMARTS) is 1. The third-order valence-electron chi connectivity index (χ3n) is 2.41. The highest BCUT2D eigenvalue weighted by Crippen LogP contribution is 1.97. The normalized spacial score (nSPS) is 11.2. The van der Waals surface area contributed by atoms with Crippen LogP contribution in [0.4, 0.5) is 4.79 Å². The first-order valence-corrected chi connectivity index (χ1v) is 5.70. The predicted molar refractivity (Wildman–Crippen MR) is 67.9 cm³/mol. The third-order valence-corrected chi connectivity index (χ3v) is 2.41. The van der Waals surface area contributed by atoms with Crippen LogP contribution in [-0.4, -0.2) is 79.6 Å². The van der Waals surface area contributed by atoms with Crippen LogP contribution in [-0.2, 0) is 19.1 Å². The molecule has 0 heterocycles. The second-order valence-electron chi connectivity index (χ2n) is 4.26. The number of hydrogen-bond donors (Lipinski definition) is 2. The van der Waals surface area contributed by atoms with E-state index in [1.165, 1.54) is 26.0 Å². The summed E-state index contributed by atoms with van der Waals surface area (Å²) in [5.74, 6) is -2.44. The highest BCUT2D eigenvalue weighted by molar-refractivity contribution is 5.88. The number of urea groups is 1. The van der Waals surface area contributed by atoms with Gasteiger partial charge in [-0.15, -0.1) is 0 Å². The summed E-state index contributed by atoms with van der Waals surface area (Å²) in [6, 6.07) is -2.18. The number of hydrogen-bond acceptors (Lipinski definition) is 5. The molecule has 0 aliphatic rings. The number of amides is 3. The van der Waals surface area contributed by atoms with Crippen LogP contribution in [0.1, 0.15) is 6.42 Å². The summed E-state index contributed by atoms with van der Waals surface area (Å²) in [5.41, 5.74) is 0. The van der Waals surface area contributed by atoms with Crippen molar-refractivity contribution >= 4 is 23.9 Å². The minimum Gasteiger partial charge on any atom is -0.480 e. The highest BCUT2D eigenvalue weighted by Gasteiger charge is 2.25. The second-order valence-corrected chi connectivity index (χ2v) is 4.26. The van der Waals surface area contributed by atoms with Gasteiger partial charge in [-0.3, -0.25) is 9.59 Å². The molecule has 0 bridgehead atoms. The first kappa shape index (κ1) is 17.7. The molecule has 0 aromatic carbocycles. The van der Waals surface area contributed by atoms with E-state index >= 15 is 0 Å². The fourth-order valence-corrected chi connectivity index (χ4v) is 1.13. The largest absolute Gasteiger partial charge is 0.480 e. The number of carbonyl (C=O) groups is 4. The Morgan fingerprint density at radius 3 is 2.15 bits per heavy atom. The van der Waals surface area contributed by atoms with Crippen molar-refractivity contribution in [2.45, 2.75) is 12.5 Å². The SMILES string of the molecule is COC(=O)C[C@H](NC(=O)N(C)CC(=O)N(C)C)C(=O)O. The molecule has 0 radical (unpaired) electrons. The summed E-state index contributed by atoms with van der Waals surface area (Å²) < 4.78 is 4.34. The Morgan fingerprint density at radius 2 is 1.75 bits per heavy atom. The molecular weight excluding hydrogens is 270 g/mol. The number of rotatable bonds is 6. The van der Waals surface area contributed by atoms with Crippen molar-refractivity contribution < 1.29 is 29.0 Å². The van der Waals surface area contributed by atoms with Crippen molar-refractivity contribution in [2.24, 2.45) is 0 Å². The van der Waals surface area contributed by atoms with Crippen molar-refractivity contribution in [3.63, 3.8) is 0 Å². The minimum atomic E-state index is -1.41. The number of likely N-dealkylation sites (N-methyl/N-ethyl adjacent to an activating group) is 2. The maximum atomic E-state index is 11.7. The van der Waals surface area contributed by atoms with E-state index in [9.17, 15) is 19.2 Å². The van der Waals surface area contributed by atoms with Crippen molar-refractivity contribution in [1.29, 1.82) is 0 Å². The van der Waals surface area contributed by atoms with Gasteiger partial charge < -0.3 is 25.0 Å². The molecule has 9 nitrogen and oxygen atoms in total. The number of methoxy groups -OCH3 is 1. The van der Waals surface area contributed by atoms with E-state index in [0.717, 1.165) is 12.0 Å². The average molecular weight is 289 g/mol. The molecule has 0 spiro atoms. The van der Waals surface area contributed by atoms with E-state index in [4.69, 9.17) is 5.11 Å². The summed E-state index contributed by atoms with van der Waals surface area (Å²) in [5, 5.41) is 11.0. The van der Waals surface area contributed by atoms with Crippen LogP contribution in [0, 0.1) is 0 Å². The van der Waals surface area contributed by atoms with Crippen LogP contribution in [0.2, 0.25) is 0 Å². The Hall–Kier alpha value is -2.32. The lowest BCUT2D eigenvalue weighted by atomic mass is 10.2. The van der Waals surface area contributed by atoms with E-state index < -0.39 is 30.4 Å². The van der Waals surface area contributed by atoms with Gasteiger partial charge in [0, 0.05) is 21.1 Å². The first-order chi connectivity index (χ1) is 9.18. The smallest absolute Gasteiger partial charge is 0.326 e. The maximum Gasteiger partial charge on any atom is 0.326 e. The van der Waals surface area contributed by atoms with Gasteiger partial charge in [0.25, 0.3) is 0 Å². The Balaban J connectivity index is 4.56. The van der Waals surface area contributed by atoms with E-state index in [1.54, 1.807) is 0 Å². The molecule has 0 fully saturated rings.